The predicted molar refractivity (Wildman–Crippen MR) is 78.3 cm³/mol. The normalized spacial score (nSPS) is 12.2. The van der Waals surface area contributed by atoms with Gasteiger partial charge in [-0.1, -0.05) is 0 Å². The van der Waals surface area contributed by atoms with E-state index in [1.54, 1.807) is 14.2 Å². The van der Waals surface area contributed by atoms with Crippen molar-refractivity contribution in [1.29, 1.82) is 0 Å². The molecule has 5 heteroatoms. The SMILES string of the molecule is CNC(Cc1cnn(C)c1)c1cc(OC)cc(OC)c1. The number of nitrogens with zero attached hydrogens (tertiary/aromatic N) is 2. The second-order valence-electron chi connectivity index (χ2n) is 4.71. The predicted octanol–water partition coefficient (Wildman–Crippen LogP) is 1.94. The third-order valence-electron chi connectivity index (χ3n) is 3.32. The van der Waals surface area contributed by atoms with Gasteiger partial charge in [-0.2, -0.15) is 5.10 Å². The average Bonchev–Trinajstić information content (AvgIpc) is 2.89. The minimum Gasteiger partial charge on any atom is -0.497 e. The van der Waals surface area contributed by atoms with Gasteiger partial charge in [0.1, 0.15) is 11.5 Å². The lowest BCUT2D eigenvalue weighted by atomic mass is 10.0. The Morgan fingerprint density at radius 2 is 1.85 bits per heavy atom. The zero-order chi connectivity index (χ0) is 14.5. The Morgan fingerprint density at radius 1 is 1.20 bits per heavy atom. The van der Waals surface area contributed by atoms with Crippen molar-refractivity contribution < 1.29 is 9.47 Å². The van der Waals surface area contributed by atoms with Gasteiger partial charge in [-0.15, -0.1) is 0 Å². The molecule has 0 bridgehead atoms. The van der Waals surface area contributed by atoms with Crippen molar-refractivity contribution in [2.24, 2.45) is 7.05 Å². The van der Waals surface area contributed by atoms with Crippen molar-refractivity contribution in [3.8, 4) is 11.5 Å². The first-order chi connectivity index (χ1) is 9.66. The van der Waals surface area contributed by atoms with E-state index in [2.05, 4.69) is 10.4 Å². The number of aromatic nitrogens is 2. The van der Waals surface area contributed by atoms with Crippen LogP contribution in [-0.2, 0) is 13.5 Å². The highest BCUT2D eigenvalue weighted by molar-refractivity contribution is 5.40. The molecule has 0 aliphatic heterocycles. The minimum absolute atomic E-state index is 0.184. The number of rotatable bonds is 6. The van der Waals surface area contributed by atoms with Gasteiger partial charge in [0.25, 0.3) is 0 Å². The Bertz CT molecular complexity index is 544. The Labute approximate surface area is 119 Å². The van der Waals surface area contributed by atoms with Gasteiger partial charge in [0, 0.05) is 25.4 Å². The van der Waals surface area contributed by atoms with Gasteiger partial charge in [-0.3, -0.25) is 4.68 Å². The Kier molecular flexibility index (Phi) is 4.63. The maximum absolute atomic E-state index is 5.32. The molecule has 0 aliphatic rings. The van der Waals surface area contributed by atoms with Crippen molar-refractivity contribution in [3.05, 3.63) is 41.7 Å². The summed E-state index contributed by atoms with van der Waals surface area (Å²) in [6, 6.07) is 6.11. The van der Waals surface area contributed by atoms with Crippen LogP contribution in [0.1, 0.15) is 17.2 Å². The van der Waals surface area contributed by atoms with E-state index in [0.29, 0.717) is 0 Å². The number of hydrogen-bond donors (Lipinski definition) is 1. The fraction of sp³-hybridized carbons (Fsp3) is 0.400. The van der Waals surface area contributed by atoms with Crippen LogP contribution in [0, 0.1) is 0 Å². The number of methoxy groups -OCH3 is 2. The standard InChI is InChI=1S/C15H21N3O2/c1-16-15(5-11-9-17-18(2)10-11)12-6-13(19-3)8-14(7-12)20-4/h6-10,15-16H,5H2,1-4H3. The Morgan fingerprint density at radius 3 is 2.30 bits per heavy atom. The van der Waals surface area contributed by atoms with Gasteiger partial charge in [-0.05, 0) is 36.7 Å². The molecule has 1 N–H and O–H groups in total. The first-order valence-electron chi connectivity index (χ1n) is 6.54. The summed E-state index contributed by atoms with van der Waals surface area (Å²) in [6.45, 7) is 0. The molecule has 1 aromatic heterocycles. The molecule has 0 aliphatic carbocycles. The van der Waals surface area contributed by atoms with Crippen LogP contribution in [-0.4, -0.2) is 31.0 Å². The van der Waals surface area contributed by atoms with Crippen LogP contribution in [0.15, 0.2) is 30.6 Å². The fourth-order valence-electron chi connectivity index (χ4n) is 2.23. The summed E-state index contributed by atoms with van der Waals surface area (Å²) in [5, 5.41) is 7.54. The molecule has 1 atom stereocenters. The smallest absolute Gasteiger partial charge is 0.122 e. The molecule has 108 valence electrons. The molecule has 0 saturated carbocycles. The highest BCUT2D eigenvalue weighted by atomic mass is 16.5. The summed E-state index contributed by atoms with van der Waals surface area (Å²) in [5.74, 6) is 1.59. The molecule has 0 fully saturated rings. The number of aryl methyl sites for hydroxylation is 1. The molecule has 1 heterocycles. The van der Waals surface area contributed by atoms with E-state index in [-0.39, 0.29) is 6.04 Å². The molecule has 0 spiro atoms. The minimum atomic E-state index is 0.184. The number of ether oxygens (including phenoxy) is 2. The monoisotopic (exact) mass is 275 g/mol. The molecule has 2 aromatic rings. The Balaban J connectivity index is 2.26. The van der Waals surface area contributed by atoms with Crippen LogP contribution in [0.2, 0.25) is 0 Å². The molecule has 1 aromatic carbocycles. The highest BCUT2D eigenvalue weighted by Gasteiger charge is 2.14. The van der Waals surface area contributed by atoms with Gasteiger partial charge in [0.2, 0.25) is 0 Å². The van der Waals surface area contributed by atoms with Crippen LogP contribution in [0.4, 0.5) is 0 Å². The van der Waals surface area contributed by atoms with Gasteiger partial charge < -0.3 is 14.8 Å². The summed E-state index contributed by atoms with van der Waals surface area (Å²) in [7, 11) is 7.20. The third kappa shape index (κ3) is 3.30. The van der Waals surface area contributed by atoms with Gasteiger partial charge >= 0.3 is 0 Å². The van der Waals surface area contributed by atoms with Crippen LogP contribution >= 0.6 is 0 Å². The molecular formula is C15H21N3O2. The number of benzene rings is 1. The summed E-state index contributed by atoms with van der Waals surface area (Å²) in [4.78, 5) is 0. The highest BCUT2D eigenvalue weighted by Crippen LogP contribution is 2.28. The zero-order valence-electron chi connectivity index (χ0n) is 12.4. The first-order valence-corrected chi connectivity index (χ1v) is 6.54. The zero-order valence-corrected chi connectivity index (χ0v) is 12.4. The summed E-state index contributed by atoms with van der Waals surface area (Å²) in [6.07, 6.45) is 4.78. The number of likely N-dealkylation sites (N-methyl/N-ethyl adjacent to an activating group) is 1. The van der Waals surface area contributed by atoms with Crippen LogP contribution in [0.3, 0.4) is 0 Å². The fourth-order valence-corrected chi connectivity index (χ4v) is 2.23. The second-order valence-corrected chi connectivity index (χ2v) is 4.71. The van der Waals surface area contributed by atoms with Crippen LogP contribution in [0.25, 0.3) is 0 Å². The average molecular weight is 275 g/mol. The second kappa shape index (κ2) is 6.43. The van der Waals surface area contributed by atoms with E-state index >= 15 is 0 Å². The van der Waals surface area contributed by atoms with E-state index in [9.17, 15) is 0 Å². The van der Waals surface area contributed by atoms with E-state index in [4.69, 9.17) is 9.47 Å². The van der Waals surface area contributed by atoms with E-state index < -0.39 is 0 Å². The molecule has 1 unspecified atom stereocenters. The van der Waals surface area contributed by atoms with Gasteiger partial charge in [0.15, 0.2) is 0 Å². The largest absolute Gasteiger partial charge is 0.497 e. The molecule has 0 saturated heterocycles. The Hall–Kier alpha value is -2.01. The topological polar surface area (TPSA) is 48.3 Å². The number of nitrogens with one attached hydrogen (secondary N) is 1. The maximum atomic E-state index is 5.32. The lowest BCUT2D eigenvalue weighted by molar-refractivity contribution is 0.392. The van der Waals surface area contributed by atoms with Crippen molar-refractivity contribution in [1.82, 2.24) is 15.1 Å². The molecule has 0 radical (unpaired) electrons. The van der Waals surface area contributed by atoms with E-state index in [1.165, 1.54) is 5.56 Å². The lowest BCUT2D eigenvalue weighted by Gasteiger charge is -2.18. The first kappa shape index (κ1) is 14.4. The summed E-state index contributed by atoms with van der Waals surface area (Å²) < 4.78 is 12.5. The van der Waals surface area contributed by atoms with Crippen molar-refractivity contribution in [2.45, 2.75) is 12.5 Å². The maximum Gasteiger partial charge on any atom is 0.122 e. The number of hydrogen-bond acceptors (Lipinski definition) is 4. The molecular weight excluding hydrogens is 254 g/mol. The lowest BCUT2D eigenvalue weighted by Crippen LogP contribution is -2.18. The van der Waals surface area contributed by atoms with Crippen LogP contribution < -0.4 is 14.8 Å². The summed E-state index contributed by atoms with van der Waals surface area (Å²) >= 11 is 0. The van der Waals surface area contributed by atoms with E-state index in [1.807, 2.05) is 49.4 Å². The van der Waals surface area contributed by atoms with Crippen molar-refractivity contribution >= 4 is 0 Å². The summed E-state index contributed by atoms with van der Waals surface area (Å²) in [5.41, 5.74) is 2.32. The molecule has 2 rings (SSSR count). The third-order valence-corrected chi connectivity index (χ3v) is 3.32. The van der Waals surface area contributed by atoms with Crippen molar-refractivity contribution in [2.75, 3.05) is 21.3 Å². The van der Waals surface area contributed by atoms with Gasteiger partial charge in [0.05, 0.1) is 20.4 Å². The quantitative estimate of drug-likeness (QED) is 0.875. The van der Waals surface area contributed by atoms with Crippen molar-refractivity contribution in [3.63, 3.8) is 0 Å². The molecule has 0 amide bonds. The van der Waals surface area contributed by atoms with E-state index in [0.717, 1.165) is 23.5 Å². The van der Waals surface area contributed by atoms with Gasteiger partial charge in [-0.25, -0.2) is 0 Å². The molecule has 5 nitrogen and oxygen atoms in total. The van der Waals surface area contributed by atoms with Crippen LogP contribution in [0.5, 0.6) is 11.5 Å². The molecule has 20 heavy (non-hydrogen) atoms.